The third-order valence-corrected chi connectivity index (χ3v) is 8.28. The van der Waals surface area contributed by atoms with Gasteiger partial charge in [-0.2, -0.15) is 0 Å². The van der Waals surface area contributed by atoms with Gasteiger partial charge >= 0.3 is 0 Å². The number of amides is 2. The summed E-state index contributed by atoms with van der Waals surface area (Å²) >= 11 is 0. The van der Waals surface area contributed by atoms with Crippen molar-refractivity contribution in [3.63, 3.8) is 0 Å². The van der Waals surface area contributed by atoms with Crippen LogP contribution in [-0.2, 0) is 9.59 Å². The van der Waals surface area contributed by atoms with Crippen LogP contribution in [0, 0.1) is 23.2 Å². The lowest BCUT2D eigenvalue weighted by Crippen LogP contribution is -2.58. The average molecular weight is 374 g/mol. The Balaban J connectivity index is 1.28. The van der Waals surface area contributed by atoms with E-state index in [1.165, 1.54) is 19.3 Å². The fourth-order valence-electron chi connectivity index (χ4n) is 7.52. The number of rotatable bonds is 3. The number of carbonyl (C=O) groups is 2. The molecule has 0 spiro atoms. The topological polar surface area (TPSA) is 61.4 Å². The second-order valence-electron chi connectivity index (χ2n) is 10.4. The van der Waals surface area contributed by atoms with Crippen LogP contribution in [0.15, 0.2) is 0 Å². The van der Waals surface area contributed by atoms with Crippen LogP contribution < -0.4 is 10.6 Å². The Morgan fingerprint density at radius 1 is 1.00 bits per heavy atom. The molecule has 27 heavy (non-hydrogen) atoms. The number of hydrogen-bond donors (Lipinski definition) is 2. The summed E-state index contributed by atoms with van der Waals surface area (Å²) in [5.74, 6) is 2.74. The van der Waals surface area contributed by atoms with Crippen molar-refractivity contribution in [3.8, 4) is 0 Å². The van der Waals surface area contributed by atoms with Crippen molar-refractivity contribution < 1.29 is 9.59 Å². The van der Waals surface area contributed by atoms with E-state index in [9.17, 15) is 9.59 Å². The zero-order valence-electron chi connectivity index (χ0n) is 16.7. The second kappa shape index (κ2) is 6.75. The number of piperidine rings is 1. The first-order chi connectivity index (χ1) is 13.0. The van der Waals surface area contributed by atoms with Gasteiger partial charge in [-0.3, -0.25) is 9.59 Å². The summed E-state index contributed by atoms with van der Waals surface area (Å²) in [6, 6.07) is 0.485. The third kappa shape index (κ3) is 3.20. The highest BCUT2D eigenvalue weighted by Crippen LogP contribution is 2.60. The molecule has 3 unspecified atom stereocenters. The minimum absolute atomic E-state index is 0.102. The van der Waals surface area contributed by atoms with Gasteiger partial charge in [0.2, 0.25) is 11.8 Å². The quantitative estimate of drug-likeness (QED) is 0.799. The van der Waals surface area contributed by atoms with Gasteiger partial charge < -0.3 is 15.5 Å². The van der Waals surface area contributed by atoms with Crippen LogP contribution in [0.3, 0.4) is 0 Å². The Labute approximate surface area is 163 Å². The Hall–Kier alpha value is -1.10. The van der Waals surface area contributed by atoms with Crippen LogP contribution in [0.5, 0.6) is 0 Å². The second-order valence-corrected chi connectivity index (χ2v) is 10.4. The predicted molar refractivity (Wildman–Crippen MR) is 104 cm³/mol. The van der Waals surface area contributed by atoms with Crippen LogP contribution in [0.1, 0.15) is 71.1 Å². The normalized spacial score (nSPS) is 45.9. The van der Waals surface area contributed by atoms with E-state index in [2.05, 4.69) is 17.6 Å². The molecule has 5 heteroatoms. The summed E-state index contributed by atoms with van der Waals surface area (Å²) in [6.45, 7) is 3.92. The fourth-order valence-corrected chi connectivity index (χ4v) is 7.52. The van der Waals surface area contributed by atoms with Gasteiger partial charge in [0.15, 0.2) is 0 Å². The molecule has 4 saturated carbocycles. The summed E-state index contributed by atoms with van der Waals surface area (Å²) in [5.41, 5.74) is -0.124. The molecule has 0 aromatic heterocycles. The molecule has 5 nitrogen and oxygen atoms in total. The summed E-state index contributed by atoms with van der Waals surface area (Å²) in [5, 5.41) is 6.72. The Morgan fingerprint density at radius 3 is 2.30 bits per heavy atom. The molecule has 2 N–H and O–H groups in total. The molecule has 2 saturated heterocycles. The van der Waals surface area contributed by atoms with Crippen LogP contribution in [0.25, 0.3) is 0 Å². The van der Waals surface area contributed by atoms with Crippen molar-refractivity contribution in [1.29, 1.82) is 0 Å². The molecule has 150 valence electrons. The van der Waals surface area contributed by atoms with Gasteiger partial charge in [-0.1, -0.05) is 0 Å². The summed E-state index contributed by atoms with van der Waals surface area (Å²) in [7, 11) is 0. The molecule has 6 aliphatic rings. The number of carbonyl (C=O) groups excluding carboxylic acids is 2. The van der Waals surface area contributed by atoms with Crippen molar-refractivity contribution in [3.05, 3.63) is 0 Å². The van der Waals surface area contributed by atoms with Crippen LogP contribution >= 0.6 is 0 Å². The van der Waals surface area contributed by atoms with Crippen LogP contribution in [0.4, 0.5) is 0 Å². The number of likely N-dealkylation sites (tertiary alicyclic amines) is 1. The predicted octanol–water partition coefficient (Wildman–Crippen LogP) is 2.45. The standard InChI is InChI=1S/C22H35N3O2/c1-14-7-18(4-5-23-14)24-20(26)19-3-2-6-25(19)21(27)22-11-15-8-16(12-22)10-17(9-15)13-22/h14-19,23H,2-13H2,1H3,(H,24,26). The molecule has 6 rings (SSSR count). The number of nitrogens with zero attached hydrogens (tertiary/aromatic N) is 1. The lowest BCUT2D eigenvalue weighted by Gasteiger charge is -2.56. The van der Waals surface area contributed by atoms with Gasteiger partial charge in [0.05, 0.1) is 5.41 Å². The maximum atomic E-state index is 13.7. The molecule has 0 aromatic rings. The van der Waals surface area contributed by atoms with E-state index in [4.69, 9.17) is 0 Å². The van der Waals surface area contributed by atoms with Gasteiger partial charge in [-0.05, 0) is 95.4 Å². The highest BCUT2D eigenvalue weighted by molar-refractivity contribution is 5.91. The first-order valence-corrected chi connectivity index (χ1v) is 11.4. The summed E-state index contributed by atoms with van der Waals surface area (Å²) in [6.07, 6.45) is 11.1. The number of hydrogen-bond acceptors (Lipinski definition) is 3. The zero-order chi connectivity index (χ0) is 18.6. The van der Waals surface area contributed by atoms with Crippen molar-refractivity contribution >= 4 is 11.8 Å². The Bertz CT molecular complexity index is 583. The maximum Gasteiger partial charge on any atom is 0.243 e. The highest BCUT2D eigenvalue weighted by Gasteiger charge is 2.56. The molecule has 6 fully saturated rings. The van der Waals surface area contributed by atoms with Gasteiger partial charge in [0.1, 0.15) is 6.04 Å². The lowest BCUT2D eigenvalue weighted by atomic mass is 9.49. The van der Waals surface area contributed by atoms with E-state index in [0.717, 1.165) is 75.8 Å². The van der Waals surface area contributed by atoms with Crippen molar-refractivity contribution in [2.24, 2.45) is 23.2 Å². The number of nitrogens with one attached hydrogen (secondary N) is 2. The van der Waals surface area contributed by atoms with Crippen molar-refractivity contribution in [2.45, 2.75) is 89.3 Å². The summed E-state index contributed by atoms with van der Waals surface area (Å²) < 4.78 is 0. The molecule has 2 amide bonds. The first kappa shape index (κ1) is 18.0. The van der Waals surface area contributed by atoms with E-state index in [-0.39, 0.29) is 23.4 Å². The van der Waals surface area contributed by atoms with Crippen LogP contribution in [-0.4, -0.2) is 47.9 Å². The fraction of sp³-hybridized carbons (Fsp3) is 0.909. The largest absolute Gasteiger partial charge is 0.351 e. The van der Waals surface area contributed by atoms with Crippen molar-refractivity contribution in [1.82, 2.24) is 15.5 Å². The van der Waals surface area contributed by atoms with E-state index in [1.807, 2.05) is 4.90 Å². The van der Waals surface area contributed by atoms with Gasteiger partial charge in [0, 0.05) is 18.6 Å². The molecular weight excluding hydrogens is 338 g/mol. The van der Waals surface area contributed by atoms with E-state index in [0.29, 0.717) is 11.9 Å². The molecule has 2 aliphatic heterocycles. The monoisotopic (exact) mass is 373 g/mol. The van der Waals surface area contributed by atoms with Gasteiger partial charge in [-0.25, -0.2) is 0 Å². The van der Waals surface area contributed by atoms with Gasteiger partial charge in [-0.15, -0.1) is 0 Å². The Morgan fingerprint density at radius 2 is 1.67 bits per heavy atom. The SMILES string of the molecule is CC1CC(NC(=O)C2CCCN2C(=O)C23CC4CC(CC(C4)C2)C3)CCN1. The zero-order valence-corrected chi connectivity index (χ0v) is 16.7. The van der Waals surface area contributed by atoms with E-state index < -0.39 is 0 Å². The first-order valence-electron chi connectivity index (χ1n) is 11.4. The molecule has 3 atom stereocenters. The van der Waals surface area contributed by atoms with Crippen molar-refractivity contribution in [2.75, 3.05) is 13.1 Å². The minimum atomic E-state index is -0.226. The molecule has 4 aliphatic carbocycles. The lowest BCUT2D eigenvalue weighted by molar-refractivity contribution is -0.160. The summed E-state index contributed by atoms with van der Waals surface area (Å²) in [4.78, 5) is 28.7. The minimum Gasteiger partial charge on any atom is -0.351 e. The molecule has 0 radical (unpaired) electrons. The van der Waals surface area contributed by atoms with Gasteiger partial charge in [0.25, 0.3) is 0 Å². The Kier molecular flexibility index (Phi) is 4.49. The smallest absolute Gasteiger partial charge is 0.243 e. The average Bonchev–Trinajstić information content (AvgIpc) is 3.09. The maximum absolute atomic E-state index is 13.7. The molecule has 4 bridgehead atoms. The molecule has 0 aromatic carbocycles. The highest BCUT2D eigenvalue weighted by atomic mass is 16.2. The molecule has 2 heterocycles. The van der Waals surface area contributed by atoms with E-state index >= 15 is 0 Å². The molecular formula is C22H35N3O2. The third-order valence-electron chi connectivity index (χ3n) is 8.28. The van der Waals surface area contributed by atoms with Crippen LogP contribution in [0.2, 0.25) is 0 Å². The van der Waals surface area contributed by atoms with E-state index in [1.54, 1.807) is 0 Å².